The van der Waals surface area contributed by atoms with Crippen LogP contribution >= 0.6 is 11.6 Å². The number of hydrogen-bond donors (Lipinski definition) is 1. The van der Waals surface area contributed by atoms with Gasteiger partial charge < -0.3 is 9.73 Å². The molecule has 0 unspecified atom stereocenters. The molecule has 0 atom stereocenters. The molecule has 1 N–H and O–H groups in total. The number of nitrogens with one attached hydrogen (secondary N) is 1. The Kier molecular flexibility index (Phi) is 3.20. The second-order valence-electron chi connectivity index (χ2n) is 3.85. The normalized spacial score (nSPS) is 10.5. The van der Waals surface area contributed by atoms with Crippen molar-refractivity contribution in [2.24, 2.45) is 0 Å². The summed E-state index contributed by atoms with van der Waals surface area (Å²) in [6.07, 6.45) is 0. The fraction of sp³-hybridized carbons (Fsp3) is 0.154. The highest BCUT2D eigenvalue weighted by molar-refractivity contribution is 6.29. The molecule has 0 saturated heterocycles. The van der Waals surface area contributed by atoms with E-state index in [1.807, 2.05) is 25.1 Å². The molecule has 1 amide bonds. The van der Waals surface area contributed by atoms with Gasteiger partial charge in [0.05, 0.1) is 6.54 Å². The van der Waals surface area contributed by atoms with Crippen molar-refractivity contribution in [3.63, 3.8) is 0 Å². The first-order valence-electron chi connectivity index (χ1n) is 5.18. The highest BCUT2D eigenvalue weighted by atomic mass is 35.5. The predicted molar refractivity (Wildman–Crippen MR) is 68.3 cm³/mol. The van der Waals surface area contributed by atoms with Crippen LogP contribution in [0.4, 0.5) is 0 Å². The third-order valence-electron chi connectivity index (χ3n) is 2.34. The number of rotatable bonds is 3. The number of aryl methyl sites for hydroxylation is 1. The van der Waals surface area contributed by atoms with Crippen molar-refractivity contribution >= 4 is 28.5 Å². The molecule has 0 aliphatic carbocycles. The van der Waals surface area contributed by atoms with Gasteiger partial charge in [-0.1, -0.05) is 29.8 Å². The molecule has 0 spiro atoms. The number of amides is 1. The maximum Gasteiger partial charge on any atom is 0.287 e. The van der Waals surface area contributed by atoms with Gasteiger partial charge in [-0.25, -0.2) is 0 Å². The van der Waals surface area contributed by atoms with Crippen molar-refractivity contribution in [2.45, 2.75) is 6.92 Å². The molecule has 0 fully saturated rings. The average Bonchev–Trinajstić information content (AvgIpc) is 2.68. The first kappa shape index (κ1) is 11.7. The number of carbonyl (C=O) groups is 1. The highest BCUT2D eigenvalue weighted by Gasteiger charge is 2.11. The van der Waals surface area contributed by atoms with E-state index in [9.17, 15) is 4.79 Å². The van der Waals surface area contributed by atoms with Crippen LogP contribution in [0.25, 0.3) is 11.0 Å². The van der Waals surface area contributed by atoms with E-state index >= 15 is 0 Å². The zero-order valence-electron chi connectivity index (χ0n) is 9.42. The number of fused-ring (bicyclic) bond motifs is 1. The summed E-state index contributed by atoms with van der Waals surface area (Å²) in [5, 5.41) is 3.91. The number of hydrogen-bond acceptors (Lipinski definition) is 2. The lowest BCUT2D eigenvalue weighted by atomic mass is 10.2. The zero-order valence-corrected chi connectivity index (χ0v) is 10.2. The van der Waals surface area contributed by atoms with Crippen LogP contribution in [0.5, 0.6) is 0 Å². The summed E-state index contributed by atoms with van der Waals surface area (Å²) in [5.74, 6) is -0.0100. The van der Waals surface area contributed by atoms with Gasteiger partial charge in [0.2, 0.25) is 0 Å². The van der Waals surface area contributed by atoms with Crippen LogP contribution in [0.3, 0.4) is 0 Å². The maximum absolute atomic E-state index is 11.7. The SMILES string of the molecule is C=C(Cl)CNC(=O)c1cc2cc(C)ccc2o1. The van der Waals surface area contributed by atoms with E-state index in [0.29, 0.717) is 10.6 Å². The van der Waals surface area contributed by atoms with Gasteiger partial charge in [-0.3, -0.25) is 4.79 Å². The van der Waals surface area contributed by atoms with E-state index in [1.54, 1.807) is 6.07 Å². The average molecular weight is 250 g/mol. The van der Waals surface area contributed by atoms with Gasteiger partial charge in [0.25, 0.3) is 5.91 Å². The molecular formula is C13H12ClNO2. The summed E-state index contributed by atoms with van der Waals surface area (Å²) in [5.41, 5.74) is 1.82. The third-order valence-corrected chi connectivity index (χ3v) is 2.47. The maximum atomic E-state index is 11.7. The Morgan fingerprint density at radius 3 is 2.94 bits per heavy atom. The fourth-order valence-electron chi connectivity index (χ4n) is 1.54. The molecule has 2 rings (SSSR count). The minimum atomic E-state index is -0.291. The van der Waals surface area contributed by atoms with Crippen molar-refractivity contribution in [2.75, 3.05) is 6.54 Å². The quantitative estimate of drug-likeness (QED) is 0.908. The lowest BCUT2D eigenvalue weighted by Gasteiger charge is -1.99. The van der Waals surface area contributed by atoms with Crippen molar-refractivity contribution < 1.29 is 9.21 Å². The second-order valence-corrected chi connectivity index (χ2v) is 4.39. The fourth-order valence-corrected chi connectivity index (χ4v) is 1.60. The number of benzene rings is 1. The minimum absolute atomic E-state index is 0.233. The van der Waals surface area contributed by atoms with Gasteiger partial charge in [-0.15, -0.1) is 0 Å². The van der Waals surface area contributed by atoms with Crippen molar-refractivity contribution in [1.82, 2.24) is 5.32 Å². The standard InChI is InChI=1S/C13H12ClNO2/c1-8-3-4-11-10(5-8)6-12(17-11)13(16)15-7-9(2)14/h3-6H,2,7H2,1H3,(H,15,16). The largest absolute Gasteiger partial charge is 0.451 e. The molecule has 0 saturated carbocycles. The van der Waals surface area contributed by atoms with Gasteiger partial charge in [0, 0.05) is 10.4 Å². The molecule has 88 valence electrons. The van der Waals surface area contributed by atoms with E-state index in [0.717, 1.165) is 10.9 Å². The third kappa shape index (κ3) is 2.68. The molecule has 1 heterocycles. The second kappa shape index (κ2) is 4.63. The highest BCUT2D eigenvalue weighted by Crippen LogP contribution is 2.20. The van der Waals surface area contributed by atoms with Crippen molar-refractivity contribution in [3.05, 3.63) is 47.2 Å². The monoisotopic (exact) mass is 249 g/mol. The number of carbonyl (C=O) groups excluding carboxylic acids is 1. The van der Waals surface area contributed by atoms with Gasteiger partial charge in [-0.2, -0.15) is 0 Å². The topological polar surface area (TPSA) is 42.2 Å². The van der Waals surface area contributed by atoms with E-state index < -0.39 is 0 Å². The number of halogens is 1. The Morgan fingerprint density at radius 2 is 2.24 bits per heavy atom. The molecular weight excluding hydrogens is 238 g/mol. The molecule has 0 bridgehead atoms. The lowest BCUT2D eigenvalue weighted by Crippen LogP contribution is -2.23. The smallest absolute Gasteiger partial charge is 0.287 e. The molecule has 0 aliphatic heterocycles. The Bertz CT molecular complexity index is 586. The molecule has 1 aromatic heterocycles. The van der Waals surface area contributed by atoms with E-state index in [4.69, 9.17) is 16.0 Å². The molecule has 4 heteroatoms. The summed E-state index contributed by atoms with van der Waals surface area (Å²) in [7, 11) is 0. The number of furan rings is 1. The molecule has 2 aromatic rings. The Hall–Kier alpha value is -1.74. The molecule has 1 aromatic carbocycles. The summed E-state index contributed by atoms with van der Waals surface area (Å²) in [6, 6.07) is 7.47. The van der Waals surface area contributed by atoms with Crippen LogP contribution in [-0.2, 0) is 0 Å². The van der Waals surface area contributed by atoms with Crippen LogP contribution in [-0.4, -0.2) is 12.5 Å². The van der Waals surface area contributed by atoms with E-state index in [2.05, 4.69) is 11.9 Å². The summed E-state index contributed by atoms with van der Waals surface area (Å²) < 4.78 is 5.43. The summed E-state index contributed by atoms with van der Waals surface area (Å²) in [4.78, 5) is 11.7. The molecule has 3 nitrogen and oxygen atoms in total. The van der Waals surface area contributed by atoms with Crippen molar-refractivity contribution in [3.8, 4) is 0 Å². The van der Waals surface area contributed by atoms with E-state index in [-0.39, 0.29) is 18.2 Å². The minimum Gasteiger partial charge on any atom is -0.451 e. The van der Waals surface area contributed by atoms with Gasteiger partial charge >= 0.3 is 0 Å². The molecule has 17 heavy (non-hydrogen) atoms. The van der Waals surface area contributed by atoms with Crippen LogP contribution in [0.15, 0.2) is 40.3 Å². The Labute approximate surface area is 104 Å². The predicted octanol–water partition coefficient (Wildman–Crippen LogP) is 3.22. The van der Waals surface area contributed by atoms with Gasteiger partial charge in [0.15, 0.2) is 5.76 Å². The Morgan fingerprint density at radius 1 is 1.47 bits per heavy atom. The van der Waals surface area contributed by atoms with Crippen LogP contribution < -0.4 is 5.32 Å². The molecule has 0 radical (unpaired) electrons. The van der Waals surface area contributed by atoms with Crippen LogP contribution in [0.1, 0.15) is 16.1 Å². The lowest BCUT2D eigenvalue weighted by molar-refractivity contribution is 0.0932. The van der Waals surface area contributed by atoms with Gasteiger partial charge in [0.1, 0.15) is 5.58 Å². The Balaban J connectivity index is 2.24. The first-order valence-corrected chi connectivity index (χ1v) is 5.56. The summed E-state index contributed by atoms with van der Waals surface area (Å²) >= 11 is 5.57. The van der Waals surface area contributed by atoms with Crippen molar-refractivity contribution in [1.29, 1.82) is 0 Å². The first-order chi connectivity index (χ1) is 8.06. The van der Waals surface area contributed by atoms with Crippen LogP contribution in [0.2, 0.25) is 0 Å². The van der Waals surface area contributed by atoms with Crippen LogP contribution in [0, 0.1) is 6.92 Å². The summed E-state index contributed by atoms with van der Waals surface area (Å²) in [6.45, 7) is 5.72. The molecule has 0 aliphatic rings. The van der Waals surface area contributed by atoms with E-state index in [1.165, 1.54) is 0 Å². The van der Waals surface area contributed by atoms with Gasteiger partial charge in [-0.05, 0) is 25.1 Å². The zero-order chi connectivity index (χ0) is 12.4.